The standard InChI is InChI=1S/C22H19O5P/c1-14-8-10-17(11-9-14)21(23)18-12-15(2)20(22(24)28(25,26)27)19(13-18)16-6-4-3-5-7-16/h3-13H,1-2H3,(H2,25,26,27). The molecule has 0 saturated carbocycles. The third-order valence-electron chi connectivity index (χ3n) is 4.47. The summed E-state index contributed by atoms with van der Waals surface area (Å²) >= 11 is 0. The Morgan fingerprint density at radius 2 is 1.43 bits per heavy atom. The molecular formula is C22H19O5P. The predicted octanol–water partition coefficient (Wildman–Crippen LogP) is 4.52. The molecule has 0 aliphatic heterocycles. The lowest BCUT2D eigenvalue weighted by Crippen LogP contribution is -2.09. The molecule has 0 spiro atoms. The van der Waals surface area contributed by atoms with E-state index in [-0.39, 0.29) is 11.3 Å². The van der Waals surface area contributed by atoms with Crippen LogP contribution >= 0.6 is 7.60 Å². The summed E-state index contributed by atoms with van der Waals surface area (Å²) in [6, 6.07) is 18.9. The summed E-state index contributed by atoms with van der Waals surface area (Å²) in [5.74, 6) is -0.226. The van der Waals surface area contributed by atoms with Gasteiger partial charge in [-0.25, -0.2) is 0 Å². The molecule has 0 atom stereocenters. The van der Waals surface area contributed by atoms with Gasteiger partial charge in [0, 0.05) is 16.7 Å². The van der Waals surface area contributed by atoms with Gasteiger partial charge in [0.05, 0.1) is 0 Å². The number of hydrogen-bond acceptors (Lipinski definition) is 3. The zero-order valence-corrected chi connectivity index (χ0v) is 16.3. The molecule has 3 aromatic rings. The van der Waals surface area contributed by atoms with Crippen LogP contribution in [0.25, 0.3) is 11.1 Å². The quantitative estimate of drug-likeness (QED) is 0.490. The van der Waals surface area contributed by atoms with E-state index in [4.69, 9.17) is 0 Å². The van der Waals surface area contributed by atoms with Crippen LogP contribution in [0.4, 0.5) is 0 Å². The number of carbonyl (C=O) groups excluding carboxylic acids is 2. The Labute approximate surface area is 162 Å². The largest absolute Gasteiger partial charge is 0.396 e. The van der Waals surface area contributed by atoms with Crippen LogP contribution in [0.2, 0.25) is 0 Å². The average molecular weight is 394 g/mol. The minimum atomic E-state index is -4.98. The summed E-state index contributed by atoms with van der Waals surface area (Å²) in [6.07, 6.45) is 0. The van der Waals surface area contributed by atoms with Gasteiger partial charge in [0.2, 0.25) is 0 Å². The van der Waals surface area contributed by atoms with Crippen LogP contribution in [-0.4, -0.2) is 21.1 Å². The SMILES string of the molecule is Cc1ccc(C(=O)c2cc(C)c(C(=O)P(=O)(O)O)c(-c3ccccc3)c2)cc1. The molecule has 3 aromatic carbocycles. The first-order valence-corrected chi connectivity index (χ1v) is 10.2. The topological polar surface area (TPSA) is 91.7 Å². The van der Waals surface area contributed by atoms with Crippen molar-refractivity contribution in [2.45, 2.75) is 13.8 Å². The Bertz CT molecular complexity index is 1100. The van der Waals surface area contributed by atoms with Crippen molar-refractivity contribution < 1.29 is 23.9 Å². The summed E-state index contributed by atoms with van der Waals surface area (Å²) in [6.45, 7) is 3.50. The number of hydrogen-bond donors (Lipinski definition) is 2. The van der Waals surface area contributed by atoms with Gasteiger partial charge in [-0.1, -0.05) is 60.2 Å². The van der Waals surface area contributed by atoms with Gasteiger partial charge in [-0.05, 0) is 42.7 Å². The van der Waals surface area contributed by atoms with Gasteiger partial charge in [-0.3, -0.25) is 14.2 Å². The lowest BCUT2D eigenvalue weighted by molar-refractivity contribution is 0.103. The van der Waals surface area contributed by atoms with E-state index >= 15 is 0 Å². The molecule has 0 bridgehead atoms. The summed E-state index contributed by atoms with van der Waals surface area (Å²) < 4.78 is 11.6. The second-order valence-electron chi connectivity index (χ2n) is 6.63. The van der Waals surface area contributed by atoms with Crippen molar-refractivity contribution in [1.82, 2.24) is 0 Å². The van der Waals surface area contributed by atoms with Crippen molar-refractivity contribution >= 4 is 18.9 Å². The molecule has 0 heterocycles. The van der Waals surface area contributed by atoms with Gasteiger partial charge in [-0.15, -0.1) is 0 Å². The van der Waals surface area contributed by atoms with Crippen molar-refractivity contribution in [3.05, 3.63) is 94.5 Å². The molecule has 0 unspecified atom stereocenters. The molecule has 0 saturated heterocycles. The van der Waals surface area contributed by atoms with Crippen molar-refractivity contribution in [3.63, 3.8) is 0 Å². The van der Waals surface area contributed by atoms with Crippen LogP contribution < -0.4 is 0 Å². The molecule has 0 amide bonds. The highest BCUT2D eigenvalue weighted by Gasteiger charge is 2.32. The molecule has 142 valence electrons. The summed E-state index contributed by atoms with van der Waals surface area (Å²) in [7, 11) is -4.98. The summed E-state index contributed by atoms with van der Waals surface area (Å²) in [5, 5.41) is 0. The predicted molar refractivity (Wildman–Crippen MR) is 108 cm³/mol. The first-order chi connectivity index (χ1) is 13.2. The smallest absolute Gasteiger partial charge is 0.319 e. The Balaban J connectivity index is 2.21. The molecule has 0 aliphatic rings. The van der Waals surface area contributed by atoms with E-state index in [2.05, 4.69) is 0 Å². The minimum Gasteiger partial charge on any atom is -0.319 e. The zero-order chi connectivity index (χ0) is 20.5. The lowest BCUT2D eigenvalue weighted by atomic mass is 9.91. The number of benzene rings is 3. The molecule has 6 heteroatoms. The van der Waals surface area contributed by atoms with Crippen LogP contribution in [0.15, 0.2) is 66.7 Å². The van der Waals surface area contributed by atoms with Crippen LogP contribution in [0.1, 0.15) is 37.4 Å². The van der Waals surface area contributed by atoms with Gasteiger partial charge in [0.1, 0.15) is 0 Å². The van der Waals surface area contributed by atoms with Crippen molar-refractivity contribution in [2.75, 3.05) is 0 Å². The van der Waals surface area contributed by atoms with Gasteiger partial charge < -0.3 is 9.79 Å². The molecular weight excluding hydrogens is 375 g/mol. The fourth-order valence-electron chi connectivity index (χ4n) is 3.06. The monoisotopic (exact) mass is 394 g/mol. The van der Waals surface area contributed by atoms with E-state index in [1.165, 1.54) is 12.1 Å². The van der Waals surface area contributed by atoms with Crippen molar-refractivity contribution in [2.24, 2.45) is 0 Å². The summed E-state index contributed by atoms with van der Waals surface area (Å²) in [4.78, 5) is 44.2. The van der Waals surface area contributed by atoms with Gasteiger partial charge in [0.25, 0.3) is 5.52 Å². The third kappa shape index (κ3) is 4.02. The Hall–Kier alpha value is -2.85. The maximum Gasteiger partial charge on any atom is 0.396 e. The average Bonchev–Trinajstić information content (AvgIpc) is 2.67. The first-order valence-electron chi connectivity index (χ1n) is 8.60. The molecule has 0 radical (unpaired) electrons. The molecule has 0 fully saturated rings. The van der Waals surface area contributed by atoms with E-state index in [0.29, 0.717) is 27.8 Å². The van der Waals surface area contributed by atoms with Crippen molar-refractivity contribution in [3.8, 4) is 11.1 Å². The molecule has 3 rings (SSSR count). The highest BCUT2D eigenvalue weighted by molar-refractivity contribution is 7.71. The van der Waals surface area contributed by atoms with Crippen LogP contribution in [0, 0.1) is 13.8 Å². The van der Waals surface area contributed by atoms with Crippen molar-refractivity contribution in [1.29, 1.82) is 0 Å². The van der Waals surface area contributed by atoms with Crippen LogP contribution in [-0.2, 0) is 4.57 Å². The first kappa shape index (κ1) is 19.9. The number of carbonyl (C=O) groups is 2. The Morgan fingerprint density at radius 3 is 2.00 bits per heavy atom. The number of aryl methyl sites for hydroxylation is 2. The molecule has 2 N–H and O–H groups in total. The van der Waals surface area contributed by atoms with Gasteiger partial charge >= 0.3 is 7.60 Å². The molecule has 0 aromatic heterocycles. The third-order valence-corrected chi connectivity index (χ3v) is 5.23. The fraction of sp³-hybridized carbons (Fsp3) is 0.0909. The number of rotatable bonds is 5. The normalized spacial score (nSPS) is 11.3. The second-order valence-corrected chi connectivity index (χ2v) is 8.12. The van der Waals surface area contributed by atoms with Crippen LogP contribution in [0.3, 0.4) is 0 Å². The van der Waals surface area contributed by atoms with E-state index in [9.17, 15) is 23.9 Å². The maximum atomic E-state index is 12.9. The van der Waals surface area contributed by atoms with E-state index in [0.717, 1.165) is 5.56 Å². The molecule has 5 nitrogen and oxygen atoms in total. The second kappa shape index (κ2) is 7.64. The zero-order valence-electron chi connectivity index (χ0n) is 15.4. The molecule has 0 aliphatic carbocycles. The van der Waals surface area contributed by atoms with E-state index in [1.807, 2.05) is 19.1 Å². The fourth-order valence-corrected chi connectivity index (χ4v) is 3.65. The molecule has 28 heavy (non-hydrogen) atoms. The van der Waals surface area contributed by atoms with E-state index in [1.54, 1.807) is 49.4 Å². The van der Waals surface area contributed by atoms with Gasteiger partial charge in [0.15, 0.2) is 5.78 Å². The highest BCUT2D eigenvalue weighted by Crippen LogP contribution is 2.43. The Kier molecular flexibility index (Phi) is 5.43. The lowest BCUT2D eigenvalue weighted by Gasteiger charge is -2.15. The minimum absolute atomic E-state index is 0.0695. The van der Waals surface area contributed by atoms with E-state index < -0.39 is 13.1 Å². The number of ketones is 1. The van der Waals surface area contributed by atoms with Gasteiger partial charge in [-0.2, -0.15) is 0 Å². The van der Waals surface area contributed by atoms with Crippen LogP contribution in [0.5, 0.6) is 0 Å². The summed E-state index contributed by atoms with van der Waals surface area (Å²) in [5.41, 5.74) is 1.81. The highest BCUT2D eigenvalue weighted by atomic mass is 31.2. The Morgan fingerprint density at radius 1 is 0.821 bits per heavy atom. The maximum absolute atomic E-state index is 12.9.